The molecule has 1 aliphatic carbocycles. The fourth-order valence-electron chi connectivity index (χ4n) is 5.53. The lowest BCUT2D eigenvalue weighted by Gasteiger charge is -2.47. The van der Waals surface area contributed by atoms with E-state index in [-0.39, 0.29) is 11.9 Å². The molecule has 2 aromatic rings. The van der Waals surface area contributed by atoms with Crippen LogP contribution in [-0.2, 0) is 27.3 Å². The van der Waals surface area contributed by atoms with Crippen LogP contribution in [0.25, 0.3) is 0 Å². The van der Waals surface area contributed by atoms with Gasteiger partial charge in [-0.25, -0.2) is 4.99 Å². The molecule has 6 rings (SSSR count). The molecule has 0 radical (unpaired) electrons. The van der Waals surface area contributed by atoms with Crippen LogP contribution in [0.1, 0.15) is 29.2 Å². The van der Waals surface area contributed by atoms with Crippen molar-refractivity contribution in [3.63, 3.8) is 0 Å². The summed E-state index contributed by atoms with van der Waals surface area (Å²) >= 11 is 0. The van der Waals surface area contributed by atoms with Crippen molar-refractivity contribution in [1.29, 1.82) is 0 Å². The topological polar surface area (TPSA) is 78.4 Å². The highest BCUT2D eigenvalue weighted by molar-refractivity contribution is 5.95. The van der Waals surface area contributed by atoms with Crippen molar-refractivity contribution in [1.82, 2.24) is 9.80 Å². The van der Waals surface area contributed by atoms with Gasteiger partial charge in [0.2, 0.25) is 5.91 Å². The zero-order valence-electron chi connectivity index (χ0n) is 19.5. The largest absolute Gasteiger partial charge is 0.460 e. The van der Waals surface area contributed by atoms with Gasteiger partial charge in [-0.05, 0) is 49.2 Å². The van der Waals surface area contributed by atoms with Crippen LogP contribution < -0.4 is 10.6 Å². The number of morpholine rings is 1. The third kappa shape index (κ3) is 4.29. The van der Waals surface area contributed by atoms with Crippen molar-refractivity contribution < 1.29 is 14.3 Å². The summed E-state index contributed by atoms with van der Waals surface area (Å²) in [7, 11) is 2.15. The third-order valence-electron chi connectivity index (χ3n) is 7.45. The number of carbonyl (C=O) groups is 1. The van der Waals surface area contributed by atoms with Crippen LogP contribution in [0.3, 0.4) is 0 Å². The van der Waals surface area contributed by atoms with E-state index in [2.05, 4.69) is 51.7 Å². The number of ether oxygens (including phenoxy) is 2. The lowest BCUT2D eigenvalue weighted by Crippen LogP contribution is -2.63. The van der Waals surface area contributed by atoms with Gasteiger partial charge in [0, 0.05) is 42.1 Å². The smallest absolute Gasteiger partial charge is 0.290 e. The Morgan fingerprint density at radius 1 is 1.15 bits per heavy atom. The fraction of sp³-hybridized carbons (Fsp3) is 0.462. The second kappa shape index (κ2) is 9.02. The Morgan fingerprint density at radius 3 is 2.82 bits per heavy atom. The molecular weight excluding hydrogens is 430 g/mol. The van der Waals surface area contributed by atoms with Gasteiger partial charge >= 0.3 is 0 Å². The van der Waals surface area contributed by atoms with E-state index in [9.17, 15) is 4.79 Å². The van der Waals surface area contributed by atoms with Gasteiger partial charge in [0.1, 0.15) is 6.61 Å². The minimum atomic E-state index is 0.00957. The quantitative estimate of drug-likeness (QED) is 0.729. The van der Waals surface area contributed by atoms with Crippen LogP contribution in [0.4, 0.5) is 11.4 Å². The number of hydrogen-bond acceptors (Lipinski definition) is 6. The Kier molecular flexibility index (Phi) is 5.72. The van der Waals surface area contributed by atoms with Crippen molar-refractivity contribution in [2.75, 3.05) is 50.5 Å². The molecule has 4 aliphatic rings. The zero-order valence-corrected chi connectivity index (χ0v) is 19.5. The first-order valence-corrected chi connectivity index (χ1v) is 12.1. The van der Waals surface area contributed by atoms with Crippen molar-refractivity contribution in [2.24, 2.45) is 4.99 Å². The summed E-state index contributed by atoms with van der Waals surface area (Å²) in [5.41, 5.74) is 5.44. The highest BCUT2D eigenvalue weighted by atomic mass is 16.5. The first-order chi connectivity index (χ1) is 16.6. The highest BCUT2D eigenvalue weighted by Gasteiger charge is 2.36. The number of likely N-dealkylation sites (N-methyl/N-ethyl adjacent to an activating group) is 1. The molecule has 2 bridgehead atoms. The molecule has 3 aliphatic heterocycles. The lowest BCUT2D eigenvalue weighted by atomic mass is 10.1. The Labute approximate surface area is 199 Å². The van der Waals surface area contributed by atoms with Crippen molar-refractivity contribution in [2.45, 2.75) is 37.6 Å². The number of aliphatic imine (C=N–C) groups is 1. The molecular formula is C26H31N5O3. The van der Waals surface area contributed by atoms with Crippen LogP contribution in [0.15, 0.2) is 47.5 Å². The van der Waals surface area contributed by atoms with Crippen molar-refractivity contribution in [3.05, 3.63) is 59.2 Å². The summed E-state index contributed by atoms with van der Waals surface area (Å²) in [5, 5.41) is 6.38. The van der Waals surface area contributed by atoms with Gasteiger partial charge in [-0.1, -0.05) is 24.3 Å². The number of carbonyl (C=O) groups excluding carboxylic acids is 1. The summed E-state index contributed by atoms with van der Waals surface area (Å²) in [4.78, 5) is 22.2. The maximum Gasteiger partial charge on any atom is 0.290 e. The molecule has 1 amide bonds. The average molecular weight is 462 g/mol. The Balaban J connectivity index is 1.07. The number of benzene rings is 2. The van der Waals surface area contributed by atoms with E-state index in [1.54, 1.807) is 0 Å². The average Bonchev–Trinajstić information content (AvgIpc) is 3.23. The van der Waals surface area contributed by atoms with Crippen LogP contribution in [0.2, 0.25) is 0 Å². The van der Waals surface area contributed by atoms with Crippen LogP contribution in [-0.4, -0.2) is 73.7 Å². The lowest BCUT2D eigenvalue weighted by molar-refractivity contribution is -0.121. The van der Waals surface area contributed by atoms with Crippen LogP contribution >= 0.6 is 0 Å². The van der Waals surface area contributed by atoms with Gasteiger partial charge in [0.15, 0.2) is 0 Å². The molecule has 3 heterocycles. The molecule has 2 N–H and O–H groups in total. The number of rotatable bonds is 4. The molecule has 0 spiro atoms. The molecule has 178 valence electrons. The van der Waals surface area contributed by atoms with Crippen molar-refractivity contribution in [3.8, 4) is 0 Å². The van der Waals surface area contributed by atoms with Gasteiger partial charge < -0.3 is 20.1 Å². The SMILES string of the molecule is CN1C2COCC1CN(CC(=O)Nc1ccc3c(c1)COC(=NC1CCc4ccccc41)N3)C2. The predicted octanol–water partition coefficient (Wildman–Crippen LogP) is 2.63. The van der Waals surface area contributed by atoms with E-state index in [4.69, 9.17) is 14.5 Å². The second-order valence-corrected chi connectivity index (χ2v) is 9.73. The van der Waals surface area contributed by atoms with E-state index in [0.717, 1.165) is 56.1 Å². The fourth-order valence-corrected chi connectivity index (χ4v) is 5.53. The summed E-state index contributed by atoms with van der Waals surface area (Å²) in [6.07, 6.45) is 2.06. The van der Waals surface area contributed by atoms with Crippen molar-refractivity contribution >= 4 is 23.3 Å². The van der Waals surface area contributed by atoms with Gasteiger partial charge in [0.05, 0.1) is 25.8 Å². The number of amidine groups is 1. The summed E-state index contributed by atoms with van der Waals surface area (Å²) < 4.78 is 11.6. The maximum absolute atomic E-state index is 12.7. The maximum atomic E-state index is 12.7. The minimum Gasteiger partial charge on any atom is -0.460 e. The standard InChI is InChI=1S/C26H31N5O3/c1-30-20-11-31(12-21(30)16-33-15-20)13-25(32)27-19-7-9-23-18(10-19)14-34-26(28-23)29-24-8-6-17-4-2-3-5-22(17)24/h2-5,7,9-10,20-21,24H,6,8,11-16H2,1H3,(H,27,32)(H,28,29). The zero-order chi connectivity index (χ0) is 23.1. The Bertz CT molecular complexity index is 1110. The molecule has 0 aromatic heterocycles. The van der Waals surface area contributed by atoms with Crippen LogP contribution in [0.5, 0.6) is 0 Å². The third-order valence-corrected chi connectivity index (χ3v) is 7.45. The number of fused-ring (bicyclic) bond motifs is 4. The number of nitrogens with zero attached hydrogens (tertiary/aromatic N) is 3. The van der Waals surface area contributed by atoms with Gasteiger partial charge in [-0.2, -0.15) is 0 Å². The summed E-state index contributed by atoms with van der Waals surface area (Å²) in [6, 6.07) is 15.8. The number of hydrogen-bond donors (Lipinski definition) is 2. The predicted molar refractivity (Wildman–Crippen MR) is 131 cm³/mol. The number of amides is 1. The van der Waals surface area contributed by atoms with E-state index >= 15 is 0 Å². The highest BCUT2D eigenvalue weighted by Crippen LogP contribution is 2.35. The van der Waals surface area contributed by atoms with Gasteiger partial charge in [0.25, 0.3) is 6.02 Å². The first kappa shape index (κ1) is 21.6. The number of aryl methyl sites for hydroxylation is 1. The molecule has 0 saturated carbocycles. The van der Waals surface area contributed by atoms with E-state index in [1.165, 1.54) is 11.1 Å². The molecule has 34 heavy (non-hydrogen) atoms. The molecule has 2 fully saturated rings. The van der Waals surface area contributed by atoms with E-state index in [0.29, 0.717) is 31.3 Å². The molecule has 2 aromatic carbocycles. The van der Waals surface area contributed by atoms with Gasteiger partial charge in [-0.15, -0.1) is 0 Å². The number of piperazine rings is 1. The molecule has 8 heteroatoms. The normalized spacial score (nSPS) is 27.4. The van der Waals surface area contributed by atoms with E-state index in [1.807, 2.05) is 18.2 Å². The van der Waals surface area contributed by atoms with Crippen LogP contribution in [0, 0.1) is 0 Å². The van der Waals surface area contributed by atoms with Gasteiger partial charge in [-0.3, -0.25) is 14.6 Å². The monoisotopic (exact) mass is 461 g/mol. The first-order valence-electron chi connectivity index (χ1n) is 12.1. The van der Waals surface area contributed by atoms with E-state index < -0.39 is 0 Å². The second-order valence-electron chi connectivity index (χ2n) is 9.73. The minimum absolute atomic E-state index is 0.00957. The Morgan fingerprint density at radius 2 is 1.97 bits per heavy atom. The summed E-state index contributed by atoms with van der Waals surface area (Å²) in [5.74, 6) is 0.00957. The molecule has 2 saturated heterocycles. The number of nitrogens with one attached hydrogen (secondary N) is 2. The molecule has 3 unspecified atom stereocenters. The number of anilines is 2. The molecule has 3 atom stereocenters. The summed E-state index contributed by atoms with van der Waals surface area (Å²) in [6.45, 7) is 4.02. The molecule has 8 nitrogen and oxygen atoms in total. The Hall–Kier alpha value is -2.94.